The zero-order chi connectivity index (χ0) is 8.41. The molecule has 0 atom stereocenters. The Morgan fingerprint density at radius 1 is 1.20 bits per heavy atom. The molecule has 0 N–H and O–H groups in total. The van der Waals surface area contributed by atoms with Crippen LogP contribution in [-0.4, -0.2) is 31.3 Å². The van der Waals surface area contributed by atoms with E-state index in [0.717, 1.165) is 19.4 Å². The number of hydrogen-bond donors (Lipinski definition) is 0. The van der Waals surface area contributed by atoms with E-state index in [9.17, 15) is 4.79 Å². The first-order valence-electron chi connectivity index (χ1n) is 3.84. The van der Waals surface area contributed by atoms with E-state index in [0.29, 0.717) is 6.42 Å². The summed E-state index contributed by atoms with van der Waals surface area (Å²) in [7, 11) is 2.11. The molecule has 0 bridgehead atoms. The average Bonchev–Trinajstić information content (AvgIpc) is 2.03. The monoisotopic (exact) mass is 145 g/mol. The third kappa shape index (κ3) is 15.6. The molecule has 0 unspecified atom stereocenters. The van der Waals surface area contributed by atoms with E-state index in [1.807, 2.05) is 6.92 Å². The molecule has 62 valence electrons. The minimum absolute atomic E-state index is 0.639. The lowest BCUT2D eigenvalue weighted by atomic mass is 10.6. The topological polar surface area (TPSA) is 20.3 Å². The Kier molecular flexibility index (Phi) is 14.1. The van der Waals surface area contributed by atoms with Gasteiger partial charge in [0, 0.05) is 6.42 Å². The molecule has 0 aliphatic carbocycles. The zero-order valence-electron chi connectivity index (χ0n) is 7.55. The molecule has 0 aliphatic heterocycles. The van der Waals surface area contributed by atoms with Gasteiger partial charge < -0.3 is 9.69 Å². The first-order chi connectivity index (χ1) is 4.72. The van der Waals surface area contributed by atoms with Crippen LogP contribution in [0.4, 0.5) is 0 Å². The maximum atomic E-state index is 9.17. The first-order valence-corrected chi connectivity index (χ1v) is 3.84. The molecule has 0 amide bonds. The Morgan fingerprint density at radius 2 is 1.50 bits per heavy atom. The second kappa shape index (κ2) is 11.4. The Morgan fingerprint density at radius 3 is 1.50 bits per heavy atom. The maximum absolute atomic E-state index is 9.17. The minimum Gasteiger partial charge on any atom is -0.307 e. The quantitative estimate of drug-likeness (QED) is 0.562. The Labute approximate surface area is 64.2 Å². The van der Waals surface area contributed by atoms with Crippen LogP contribution in [0, 0.1) is 0 Å². The fourth-order valence-electron chi connectivity index (χ4n) is 0.224. The van der Waals surface area contributed by atoms with Crippen molar-refractivity contribution in [3.05, 3.63) is 0 Å². The molecule has 0 radical (unpaired) electrons. The van der Waals surface area contributed by atoms with Crippen LogP contribution in [0.2, 0.25) is 0 Å². The Hall–Kier alpha value is -0.370. The van der Waals surface area contributed by atoms with E-state index in [1.165, 1.54) is 0 Å². The van der Waals surface area contributed by atoms with Crippen molar-refractivity contribution in [3.63, 3.8) is 0 Å². The lowest BCUT2D eigenvalue weighted by molar-refractivity contribution is -0.107. The number of rotatable bonds is 3. The third-order valence-corrected chi connectivity index (χ3v) is 1.25. The summed E-state index contributed by atoms with van der Waals surface area (Å²) < 4.78 is 0. The highest BCUT2D eigenvalue weighted by Gasteiger charge is 1.81. The standard InChI is InChI=1S/C5H13N.C3H6O/c1-4-6(3)5-2;1-2-3-4/h4-5H2,1-3H3;3H,2H2,1H3. The van der Waals surface area contributed by atoms with E-state index in [1.54, 1.807) is 0 Å². The van der Waals surface area contributed by atoms with Crippen LogP contribution in [0.5, 0.6) is 0 Å². The van der Waals surface area contributed by atoms with Gasteiger partial charge in [-0.1, -0.05) is 20.8 Å². The summed E-state index contributed by atoms with van der Waals surface area (Å²) in [6.07, 6.45) is 1.51. The summed E-state index contributed by atoms with van der Waals surface area (Å²) in [6.45, 7) is 8.45. The number of carbonyl (C=O) groups is 1. The van der Waals surface area contributed by atoms with Gasteiger partial charge in [0.05, 0.1) is 0 Å². The molecule has 0 saturated carbocycles. The lowest BCUT2D eigenvalue weighted by Gasteiger charge is -2.07. The van der Waals surface area contributed by atoms with Crippen LogP contribution >= 0.6 is 0 Å². The van der Waals surface area contributed by atoms with Gasteiger partial charge in [0.15, 0.2) is 0 Å². The van der Waals surface area contributed by atoms with E-state index >= 15 is 0 Å². The summed E-state index contributed by atoms with van der Waals surface area (Å²) in [5.74, 6) is 0. The molecule has 0 rings (SSSR count). The Bertz CT molecular complexity index is 60.3. The molecule has 0 saturated heterocycles. The highest BCUT2D eigenvalue weighted by molar-refractivity contribution is 5.48. The van der Waals surface area contributed by atoms with Gasteiger partial charge in [-0.25, -0.2) is 0 Å². The van der Waals surface area contributed by atoms with Crippen molar-refractivity contribution in [1.82, 2.24) is 4.90 Å². The summed E-state index contributed by atoms with van der Waals surface area (Å²) in [4.78, 5) is 11.4. The summed E-state index contributed by atoms with van der Waals surface area (Å²) in [6, 6.07) is 0. The van der Waals surface area contributed by atoms with Crippen molar-refractivity contribution < 1.29 is 4.79 Å². The van der Waals surface area contributed by atoms with Crippen LogP contribution in [-0.2, 0) is 4.79 Å². The van der Waals surface area contributed by atoms with Crippen molar-refractivity contribution in [1.29, 1.82) is 0 Å². The fourth-order valence-corrected chi connectivity index (χ4v) is 0.224. The van der Waals surface area contributed by atoms with Gasteiger partial charge in [-0.05, 0) is 20.1 Å². The van der Waals surface area contributed by atoms with E-state index < -0.39 is 0 Å². The highest BCUT2D eigenvalue weighted by atomic mass is 16.1. The summed E-state index contributed by atoms with van der Waals surface area (Å²) in [5.41, 5.74) is 0. The largest absolute Gasteiger partial charge is 0.307 e. The van der Waals surface area contributed by atoms with Gasteiger partial charge in [-0.15, -0.1) is 0 Å². The lowest BCUT2D eigenvalue weighted by Crippen LogP contribution is -2.15. The van der Waals surface area contributed by atoms with Crippen molar-refractivity contribution >= 4 is 6.29 Å². The van der Waals surface area contributed by atoms with Crippen LogP contribution < -0.4 is 0 Å². The molecule has 0 heterocycles. The second-order valence-corrected chi connectivity index (χ2v) is 2.06. The third-order valence-electron chi connectivity index (χ3n) is 1.25. The van der Waals surface area contributed by atoms with Gasteiger partial charge in [0.2, 0.25) is 0 Å². The second-order valence-electron chi connectivity index (χ2n) is 2.06. The van der Waals surface area contributed by atoms with Gasteiger partial charge in [0.1, 0.15) is 6.29 Å². The van der Waals surface area contributed by atoms with Crippen molar-refractivity contribution in [2.75, 3.05) is 20.1 Å². The zero-order valence-corrected chi connectivity index (χ0v) is 7.55. The maximum Gasteiger partial charge on any atom is 0.119 e. The van der Waals surface area contributed by atoms with E-state index in [4.69, 9.17) is 0 Å². The fraction of sp³-hybridized carbons (Fsp3) is 0.875. The molecule has 0 aromatic rings. The first kappa shape index (κ1) is 12.3. The van der Waals surface area contributed by atoms with Crippen LogP contribution in [0.1, 0.15) is 27.2 Å². The van der Waals surface area contributed by atoms with E-state index in [2.05, 4.69) is 25.8 Å². The normalized spacial score (nSPS) is 8.50. The number of carbonyl (C=O) groups excluding carboxylic acids is 1. The molecule has 0 aromatic carbocycles. The molecular weight excluding hydrogens is 126 g/mol. The van der Waals surface area contributed by atoms with Gasteiger partial charge in [-0.3, -0.25) is 0 Å². The average molecular weight is 145 g/mol. The van der Waals surface area contributed by atoms with Gasteiger partial charge in [0.25, 0.3) is 0 Å². The van der Waals surface area contributed by atoms with Crippen LogP contribution in [0.25, 0.3) is 0 Å². The highest BCUT2D eigenvalue weighted by Crippen LogP contribution is 1.73. The molecular formula is C8H19NO. The molecule has 0 aromatic heterocycles. The molecule has 0 fully saturated rings. The summed E-state index contributed by atoms with van der Waals surface area (Å²) in [5, 5.41) is 0. The van der Waals surface area contributed by atoms with Crippen LogP contribution in [0.15, 0.2) is 0 Å². The van der Waals surface area contributed by atoms with Crippen molar-refractivity contribution in [2.45, 2.75) is 27.2 Å². The smallest absolute Gasteiger partial charge is 0.119 e. The molecule has 0 spiro atoms. The van der Waals surface area contributed by atoms with Crippen molar-refractivity contribution in [3.8, 4) is 0 Å². The molecule has 2 heteroatoms. The number of aldehydes is 1. The van der Waals surface area contributed by atoms with E-state index in [-0.39, 0.29) is 0 Å². The molecule has 2 nitrogen and oxygen atoms in total. The van der Waals surface area contributed by atoms with Crippen LogP contribution in [0.3, 0.4) is 0 Å². The summed E-state index contributed by atoms with van der Waals surface area (Å²) >= 11 is 0. The predicted molar refractivity (Wildman–Crippen MR) is 45.2 cm³/mol. The molecule has 0 aliphatic rings. The predicted octanol–water partition coefficient (Wildman–Crippen LogP) is 1.55. The van der Waals surface area contributed by atoms with Crippen molar-refractivity contribution in [2.24, 2.45) is 0 Å². The number of hydrogen-bond acceptors (Lipinski definition) is 2. The van der Waals surface area contributed by atoms with Gasteiger partial charge in [-0.2, -0.15) is 0 Å². The Balaban J connectivity index is 0. The number of nitrogens with zero attached hydrogens (tertiary/aromatic N) is 1. The SMILES string of the molecule is CCC=O.CCN(C)CC. The minimum atomic E-state index is 0.639. The van der Waals surface area contributed by atoms with Gasteiger partial charge >= 0.3 is 0 Å². The molecule has 10 heavy (non-hydrogen) atoms.